The van der Waals surface area contributed by atoms with Gasteiger partial charge in [-0.05, 0) is 86.1 Å². The van der Waals surface area contributed by atoms with E-state index in [9.17, 15) is 8.78 Å². The molecule has 154 valence electrons. The van der Waals surface area contributed by atoms with Crippen molar-refractivity contribution in [1.29, 1.82) is 0 Å². The van der Waals surface area contributed by atoms with Gasteiger partial charge in [-0.15, -0.1) is 0 Å². The summed E-state index contributed by atoms with van der Waals surface area (Å²) in [5.74, 6) is 5.89. The van der Waals surface area contributed by atoms with Crippen LogP contribution < -0.4 is 0 Å². The number of hydrogen-bond donors (Lipinski definition) is 0. The van der Waals surface area contributed by atoms with E-state index >= 15 is 0 Å². The van der Waals surface area contributed by atoms with Gasteiger partial charge in [-0.1, -0.05) is 56.4 Å². The minimum absolute atomic E-state index is 0.0671. The van der Waals surface area contributed by atoms with Crippen LogP contribution in [-0.2, 0) is 19.3 Å². The van der Waals surface area contributed by atoms with Crippen LogP contribution in [0.4, 0.5) is 8.78 Å². The highest BCUT2D eigenvalue weighted by atomic mass is 19.1. The second-order valence-corrected chi connectivity index (χ2v) is 8.38. The zero-order valence-electron chi connectivity index (χ0n) is 17.7. The summed E-state index contributed by atoms with van der Waals surface area (Å²) in [6.45, 7) is 4.18. The Morgan fingerprint density at radius 3 is 2.03 bits per heavy atom. The fraction of sp³-hybridized carbons (Fsp3) is 0.481. The maximum Gasteiger partial charge on any atom is 0.142 e. The first kappa shape index (κ1) is 21.6. The molecule has 29 heavy (non-hydrogen) atoms. The van der Waals surface area contributed by atoms with Gasteiger partial charge in [0.2, 0.25) is 0 Å². The minimum atomic E-state index is -0.524. The van der Waals surface area contributed by atoms with Crippen molar-refractivity contribution in [2.24, 2.45) is 11.8 Å². The molecular formula is C27H32F2. The minimum Gasteiger partial charge on any atom is -0.206 e. The third-order valence-corrected chi connectivity index (χ3v) is 6.16. The smallest absolute Gasteiger partial charge is 0.142 e. The van der Waals surface area contributed by atoms with Crippen LogP contribution in [0, 0.1) is 35.3 Å². The molecule has 0 aliphatic heterocycles. The molecule has 0 spiro atoms. The summed E-state index contributed by atoms with van der Waals surface area (Å²) in [6.07, 6.45) is 9.37. The highest BCUT2D eigenvalue weighted by molar-refractivity contribution is 5.39. The van der Waals surface area contributed by atoms with Gasteiger partial charge in [-0.3, -0.25) is 0 Å². The average molecular weight is 395 g/mol. The van der Waals surface area contributed by atoms with E-state index in [0.717, 1.165) is 50.9 Å². The van der Waals surface area contributed by atoms with E-state index in [1.165, 1.54) is 29.7 Å². The summed E-state index contributed by atoms with van der Waals surface area (Å²) in [6, 6.07) is 11.8. The van der Waals surface area contributed by atoms with Gasteiger partial charge in [0, 0.05) is 5.92 Å². The molecule has 0 aromatic heterocycles. The van der Waals surface area contributed by atoms with Gasteiger partial charge in [0.15, 0.2) is 0 Å². The molecule has 1 aliphatic carbocycles. The Morgan fingerprint density at radius 2 is 1.45 bits per heavy atom. The van der Waals surface area contributed by atoms with Crippen LogP contribution >= 0.6 is 0 Å². The Hall–Kier alpha value is -2.14. The van der Waals surface area contributed by atoms with Gasteiger partial charge < -0.3 is 0 Å². The highest BCUT2D eigenvalue weighted by Crippen LogP contribution is 2.31. The largest absolute Gasteiger partial charge is 0.206 e. The summed E-state index contributed by atoms with van der Waals surface area (Å²) in [4.78, 5) is 0. The Kier molecular flexibility index (Phi) is 7.87. The van der Waals surface area contributed by atoms with Gasteiger partial charge in [-0.2, -0.15) is 0 Å². The van der Waals surface area contributed by atoms with Crippen molar-refractivity contribution in [1.82, 2.24) is 0 Å². The molecule has 0 bridgehead atoms. The second kappa shape index (κ2) is 10.6. The highest BCUT2D eigenvalue weighted by Gasteiger charge is 2.20. The van der Waals surface area contributed by atoms with Crippen molar-refractivity contribution in [3.8, 4) is 11.8 Å². The molecule has 2 aromatic rings. The van der Waals surface area contributed by atoms with E-state index in [1.807, 2.05) is 6.92 Å². The van der Waals surface area contributed by atoms with E-state index in [4.69, 9.17) is 0 Å². The lowest BCUT2D eigenvalue weighted by Gasteiger charge is -2.25. The molecule has 1 saturated carbocycles. The summed E-state index contributed by atoms with van der Waals surface area (Å²) in [5, 5.41) is 0. The molecule has 0 radical (unpaired) electrons. The van der Waals surface area contributed by atoms with E-state index in [0.29, 0.717) is 12.0 Å². The van der Waals surface area contributed by atoms with Crippen LogP contribution in [0.3, 0.4) is 0 Å². The van der Waals surface area contributed by atoms with Crippen molar-refractivity contribution in [3.63, 3.8) is 0 Å². The summed E-state index contributed by atoms with van der Waals surface area (Å²) in [7, 11) is 0. The third kappa shape index (κ3) is 6.17. The van der Waals surface area contributed by atoms with E-state index in [-0.39, 0.29) is 11.5 Å². The monoisotopic (exact) mass is 394 g/mol. The predicted octanol–water partition coefficient (Wildman–Crippen LogP) is 7.27. The topological polar surface area (TPSA) is 0 Å². The Balaban J connectivity index is 1.50. The molecule has 0 amide bonds. The third-order valence-electron chi connectivity index (χ3n) is 6.16. The summed E-state index contributed by atoms with van der Waals surface area (Å²) >= 11 is 0. The maximum absolute atomic E-state index is 14.2. The van der Waals surface area contributed by atoms with Gasteiger partial charge in [-0.25, -0.2) is 8.78 Å². The normalized spacial score (nSPS) is 18.9. The molecule has 0 atom stereocenters. The number of halogens is 2. The molecular weight excluding hydrogens is 362 g/mol. The van der Waals surface area contributed by atoms with Crippen LogP contribution in [0.15, 0.2) is 36.4 Å². The number of aryl methyl sites for hydroxylation is 3. The zero-order valence-corrected chi connectivity index (χ0v) is 17.7. The summed E-state index contributed by atoms with van der Waals surface area (Å²) < 4.78 is 28.4. The molecule has 0 nitrogen and oxygen atoms in total. The first-order valence-electron chi connectivity index (χ1n) is 11.2. The predicted molar refractivity (Wildman–Crippen MR) is 117 cm³/mol. The van der Waals surface area contributed by atoms with Gasteiger partial charge in [0.25, 0.3) is 0 Å². The standard InChI is InChI=1S/C27H32F2/c1-3-5-24-18-26(28)25(27(29)19-24)17-16-23-14-12-22(13-15-23)11-10-21-8-6-20(4-2)7-9-21/h6-9,18-19,22-23H,3-5,10-15H2,1-2H3. The Bertz CT molecular complexity index is 823. The van der Waals surface area contributed by atoms with Crippen LogP contribution in [0.2, 0.25) is 0 Å². The Morgan fingerprint density at radius 1 is 0.828 bits per heavy atom. The fourth-order valence-corrected chi connectivity index (χ4v) is 4.26. The molecule has 2 aromatic carbocycles. The number of hydrogen-bond acceptors (Lipinski definition) is 0. The molecule has 2 heteroatoms. The van der Waals surface area contributed by atoms with Crippen molar-refractivity contribution in [2.45, 2.75) is 71.6 Å². The van der Waals surface area contributed by atoms with E-state index in [1.54, 1.807) is 0 Å². The first-order chi connectivity index (χ1) is 14.1. The lowest BCUT2D eigenvalue weighted by molar-refractivity contribution is 0.302. The maximum atomic E-state index is 14.2. The molecule has 3 rings (SSSR count). The molecule has 0 saturated heterocycles. The van der Waals surface area contributed by atoms with Crippen molar-refractivity contribution < 1.29 is 8.78 Å². The molecule has 1 aliphatic rings. The lowest BCUT2D eigenvalue weighted by atomic mass is 9.79. The molecule has 0 unspecified atom stereocenters. The molecule has 1 fully saturated rings. The second-order valence-electron chi connectivity index (χ2n) is 8.38. The Labute approximate surface area is 174 Å². The zero-order chi connectivity index (χ0) is 20.6. The van der Waals surface area contributed by atoms with Crippen LogP contribution in [0.25, 0.3) is 0 Å². The SMILES string of the molecule is CCCc1cc(F)c(C#CC2CCC(CCc3ccc(CC)cc3)CC2)c(F)c1. The molecule has 0 heterocycles. The average Bonchev–Trinajstić information content (AvgIpc) is 2.73. The van der Waals surface area contributed by atoms with Gasteiger partial charge in [0.05, 0.1) is 5.56 Å². The van der Waals surface area contributed by atoms with Gasteiger partial charge in [0.1, 0.15) is 11.6 Å². The fourth-order valence-electron chi connectivity index (χ4n) is 4.26. The van der Waals surface area contributed by atoms with Crippen molar-refractivity contribution >= 4 is 0 Å². The van der Waals surface area contributed by atoms with E-state index < -0.39 is 11.6 Å². The van der Waals surface area contributed by atoms with Crippen LogP contribution in [0.5, 0.6) is 0 Å². The van der Waals surface area contributed by atoms with Gasteiger partial charge >= 0.3 is 0 Å². The van der Waals surface area contributed by atoms with Crippen molar-refractivity contribution in [2.75, 3.05) is 0 Å². The summed E-state index contributed by atoms with van der Waals surface area (Å²) in [5.41, 5.74) is 3.45. The van der Waals surface area contributed by atoms with Crippen LogP contribution in [0.1, 0.15) is 74.6 Å². The number of rotatable bonds is 6. The quantitative estimate of drug-likeness (QED) is 0.452. The van der Waals surface area contributed by atoms with E-state index in [2.05, 4.69) is 43.0 Å². The lowest BCUT2D eigenvalue weighted by Crippen LogP contribution is -2.14. The molecule has 0 N–H and O–H groups in total. The van der Waals surface area contributed by atoms with Crippen molar-refractivity contribution in [3.05, 3.63) is 70.3 Å². The van der Waals surface area contributed by atoms with Crippen LogP contribution in [-0.4, -0.2) is 0 Å². The first-order valence-corrected chi connectivity index (χ1v) is 11.2. The number of benzene rings is 2.